The molecule has 1 amide bonds. The zero-order valence-corrected chi connectivity index (χ0v) is 20.8. The average Bonchev–Trinajstić information content (AvgIpc) is 3.57. The number of carbonyl (C=O) groups excluding carboxylic acids is 1. The molecule has 0 unspecified atom stereocenters. The lowest BCUT2D eigenvalue weighted by Crippen LogP contribution is -2.33. The molecule has 1 aliphatic carbocycles. The van der Waals surface area contributed by atoms with Gasteiger partial charge in [-0.25, -0.2) is 4.39 Å². The zero-order valence-electron chi connectivity index (χ0n) is 19.2. The van der Waals surface area contributed by atoms with Crippen molar-refractivity contribution in [3.63, 3.8) is 0 Å². The van der Waals surface area contributed by atoms with Crippen molar-refractivity contribution in [3.05, 3.63) is 75.4 Å². The van der Waals surface area contributed by atoms with Crippen LogP contribution in [0.4, 0.5) is 4.39 Å². The summed E-state index contributed by atoms with van der Waals surface area (Å²) in [5.74, 6) is 0.588. The van der Waals surface area contributed by atoms with Gasteiger partial charge in [-0.15, -0.1) is 10.2 Å². The molecule has 0 spiro atoms. The lowest BCUT2D eigenvalue weighted by atomic mass is 10.1. The Morgan fingerprint density at radius 1 is 1.11 bits per heavy atom. The maximum atomic E-state index is 13.7. The van der Waals surface area contributed by atoms with Gasteiger partial charge >= 0.3 is 4.87 Å². The minimum atomic E-state index is -0.277. The smallest absolute Gasteiger partial charge is 0.308 e. The van der Waals surface area contributed by atoms with E-state index >= 15 is 0 Å². The lowest BCUT2D eigenvalue weighted by molar-refractivity contribution is -0.119. The van der Waals surface area contributed by atoms with Crippen LogP contribution in [0.5, 0.6) is 0 Å². The van der Waals surface area contributed by atoms with Gasteiger partial charge in [-0.05, 0) is 49.1 Å². The number of benzene rings is 2. The number of halogens is 1. The Balaban J connectivity index is 1.37. The number of aryl methyl sites for hydroxylation is 1. The Morgan fingerprint density at radius 2 is 1.94 bits per heavy atom. The monoisotopic (exact) mass is 511 g/mol. The number of hydrogen-bond donors (Lipinski definition) is 1. The molecular weight excluding hydrogens is 485 g/mol. The number of thioether (sulfide) groups is 1. The number of thiazole rings is 1. The van der Waals surface area contributed by atoms with Crippen LogP contribution in [0.2, 0.25) is 0 Å². The fourth-order valence-electron chi connectivity index (χ4n) is 4.48. The number of hydrogen-bond acceptors (Lipinski definition) is 6. The summed E-state index contributed by atoms with van der Waals surface area (Å²) >= 11 is 2.54. The van der Waals surface area contributed by atoms with E-state index < -0.39 is 0 Å². The molecule has 0 radical (unpaired) electrons. The number of rotatable bonds is 9. The highest BCUT2D eigenvalue weighted by Crippen LogP contribution is 2.22. The van der Waals surface area contributed by atoms with E-state index in [1.807, 2.05) is 34.9 Å². The first kappa shape index (κ1) is 23.7. The molecule has 0 saturated heterocycles. The highest BCUT2D eigenvalue weighted by molar-refractivity contribution is 7.99. The Kier molecular flexibility index (Phi) is 7.29. The summed E-state index contributed by atoms with van der Waals surface area (Å²) in [6, 6.07) is 14.4. The van der Waals surface area contributed by atoms with E-state index in [0.29, 0.717) is 23.9 Å². The van der Waals surface area contributed by atoms with Gasteiger partial charge < -0.3 is 9.88 Å². The number of nitrogens with zero attached hydrogens (tertiary/aromatic N) is 4. The second-order valence-corrected chi connectivity index (χ2v) is 10.6. The van der Waals surface area contributed by atoms with Crippen LogP contribution in [0, 0.1) is 5.82 Å². The first-order valence-corrected chi connectivity index (χ1v) is 13.5. The van der Waals surface area contributed by atoms with E-state index in [4.69, 9.17) is 0 Å². The van der Waals surface area contributed by atoms with Crippen molar-refractivity contribution >= 4 is 39.2 Å². The molecule has 2 aromatic carbocycles. The molecule has 1 N–H and O–H groups in total. The van der Waals surface area contributed by atoms with Gasteiger partial charge in [-0.1, -0.05) is 60.2 Å². The highest BCUT2D eigenvalue weighted by atomic mass is 32.2. The predicted octanol–water partition coefficient (Wildman–Crippen LogP) is 4.24. The molecule has 1 fully saturated rings. The van der Waals surface area contributed by atoms with E-state index in [0.717, 1.165) is 41.5 Å². The Labute approximate surface area is 210 Å². The molecule has 0 atom stereocenters. The van der Waals surface area contributed by atoms with Crippen molar-refractivity contribution in [1.82, 2.24) is 24.6 Å². The lowest BCUT2D eigenvalue weighted by Gasteiger charge is -2.13. The fraction of sp³-hybridized carbons (Fsp3) is 0.360. The van der Waals surface area contributed by atoms with Gasteiger partial charge in [0.05, 0.1) is 22.5 Å². The standard InChI is InChI=1S/C25H26FN5O2S2/c26-18-7-5-6-17(14-18)12-13-30-22(15-31-20-10-3-4-11-21(20)35-25(31)33)28-29-24(30)34-16-23(32)27-19-8-1-2-9-19/h3-7,10-11,14,19H,1-2,8-9,12-13,15-16H2,(H,27,32). The van der Waals surface area contributed by atoms with Crippen molar-refractivity contribution in [1.29, 1.82) is 0 Å². The molecule has 4 aromatic rings. The molecule has 10 heteroatoms. The minimum absolute atomic E-state index is 0.0109. The van der Waals surface area contributed by atoms with Gasteiger partial charge in [-0.2, -0.15) is 0 Å². The molecule has 0 bridgehead atoms. The van der Waals surface area contributed by atoms with Crippen molar-refractivity contribution in [2.75, 3.05) is 5.75 Å². The molecule has 2 aromatic heterocycles. The first-order chi connectivity index (χ1) is 17.1. The van der Waals surface area contributed by atoms with Gasteiger partial charge in [-0.3, -0.25) is 14.2 Å². The second kappa shape index (κ2) is 10.7. The number of fused-ring (bicyclic) bond motifs is 1. The summed E-state index contributed by atoms with van der Waals surface area (Å²) in [5.41, 5.74) is 1.71. The van der Waals surface area contributed by atoms with Crippen LogP contribution in [0.3, 0.4) is 0 Å². The minimum Gasteiger partial charge on any atom is -0.353 e. The number of carbonyl (C=O) groups is 1. The van der Waals surface area contributed by atoms with E-state index in [9.17, 15) is 14.0 Å². The van der Waals surface area contributed by atoms with Crippen LogP contribution in [0.15, 0.2) is 58.5 Å². The van der Waals surface area contributed by atoms with E-state index in [1.165, 1.54) is 35.2 Å². The summed E-state index contributed by atoms with van der Waals surface area (Å²) in [7, 11) is 0. The highest BCUT2D eigenvalue weighted by Gasteiger charge is 2.20. The van der Waals surface area contributed by atoms with Crippen LogP contribution in [-0.2, 0) is 24.3 Å². The van der Waals surface area contributed by atoms with E-state index in [-0.39, 0.29) is 34.9 Å². The van der Waals surface area contributed by atoms with Crippen molar-refractivity contribution in [2.24, 2.45) is 0 Å². The number of para-hydroxylation sites is 1. The van der Waals surface area contributed by atoms with Gasteiger partial charge in [0.1, 0.15) is 5.82 Å². The number of nitrogens with one attached hydrogen (secondary N) is 1. The molecule has 182 valence electrons. The third-order valence-corrected chi connectivity index (χ3v) is 8.16. The van der Waals surface area contributed by atoms with Crippen molar-refractivity contribution in [3.8, 4) is 0 Å². The Hall–Kier alpha value is -2.98. The van der Waals surface area contributed by atoms with Crippen LogP contribution in [0.25, 0.3) is 10.2 Å². The van der Waals surface area contributed by atoms with Crippen LogP contribution >= 0.6 is 23.1 Å². The molecule has 1 aliphatic rings. The quantitative estimate of drug-likeness (QED) is 0.340. The van der Waals surface area contributed by atoms with E-state index in [1.54, 1.807) is 10.6 Å². The molecule has 0 aliphatic heterocycles. The molecular formula is C25H26FN5O2S2. The van der Waals surface area contributed by atoms with Gasteiger partial charge in [0.25, 0.3) is 0 Å². The SMILES string of the molecule is O=C(CSc1nnc(Cn2c(=O)sc3ccccc32)n1CCc1cccc(F)c1)NC1CCCC1. The largest absolute Gasteiger partial charge is 0.353 e. The molecule has 1 saturated carbocycles. The second-order valence-electron chi connectivity index (χ2n) is 8.69. The van der Waals surface area contributed by atoms with Crippen LogP contribution < -0.4 is 10.2 Å². The van der Waals surface area contributed by atoms with Crippen molar-refractivity contribution < 1.29 is 9.18 Å². The van der Waals surface area contributed by atoms with E-state index in [2.05, 4.69) is 15.5 Å². The first-order valence-electron chi connectivity index (χ1n) is 11.7. The fourth-order valence-corrected chi connectivity index (χ4v) is 6.16. The van der Waals surface area contributed by atoms with Crippen molar-refractivity contribution in [2.45, 2.75) is 56.4 Å². The molecule has 7 nitrogen and oxygen atoms in total. The maximum Gasteiger partial charge on any atom is 0.308 e. The zero-order chi connectivity index (χ0) is 24.2. The van der Waals surface area contributed by atoms with Crippen LogP contribution in [-0.4, -0.2) is 37.0 Å². The van der Waals surface area contributed by atoms with Crippen LogP contribution in [0.1, 0.15) is 37.1 Å². The predicted molar refractivity (Wildman–Crippen MR) is 136 cm³/mol. The summed E-state index contributed by atoms with van der Waals surface area (Å²) in [4.78, 5) is 25.1. The maximum absolute atomic E-state index is 13.7. The van der Waals surface area contributed by atoms with Gasteiger partial charge in [0.15, 0.2) is 11.0 Å². The summed E-state index contributed by atoms with van der Waals surface area (Å²) < 4.78 is 18.3. The number of aromatic nitrogens is 4. The number of amides is 1. The summed E-state index contributed by atoms with van der Waals surface area (Å²) in [5, 5.41) is 12.4. The third kappa shape index (κ3) is 5.65. The Morgan fingerprint density at radius 3 is 2.77 bits per heavy atom. The normalized spacial score (nSPS) is 14.1. The Bertz CT molecular complexity index is 1390. The molecule has 2 heterocycles. The summed E-state index contributed by atoms with van der Waals surface area (Å²) in [6.07, 6.45) is 4.96. The molecule has 35 heavy (non-hydrogen) atoms. The molecule has 5 rings (SSSR count). The van der Waals surface area contributed by atoms with Gasteiger partial charge in [0, 0.05) is 12.6 Å². The topological polar surface area (TPSA) is 81.8 Å². The third-order valence-electron chi connectivity index (χ3n) is 6.23. The average molecular weight is 512 g/mol. The summed E-state index contributed by atoms with van der Waals surface area (Å²) in [6.45, 7) is 0.781. The van der Waals surface area contributed by atoms with Gasteiger partial charge in [0.2, 0.25) is 5.91 Å².